The van der Waals surface area contributed by atoms with Gasteiger partial charge in [0.25, 0.3) is 0 Å². The topological polar surface area (TPSA) is 78.1 Å². The molecule has 0 aliphatic heterocycles. The Morgan fingerprint density at radius 2 is 1.75 bits per heavy atom. The van der Waals surface area contributed by atoms with Gasteiger partial charge in [0, 0.05) is 6.07 Å². The zero-order valence-corrected chi connectivity index (χ0v) is 13.2. The molecule has 3 rings (SSSR count). The lowest BCUT2D eigenvalue weighted by Crippen LogP contribution is -2.02. The maximum atomic E-state index is 11.5. The second-order valence-electron chi connectivity index (χ2n) is 5.04. The highest BCUT2D eigenvalue weighted by atomic mass is 16.5. The molecular formula is C18H16O6. The van der Waals surface area contributed by atoms with Gasteiger partial charge in [0.2, 0.25) is 5.75 Å². The van der Waals surface area contributed by atoms with Gasteiger partial charge in [0.05, 0.1) is 20.3 Å². The minimum absolute atomic E-state index is 0.153. The highest BCUT2D eigenvalue weighted by Crippen LogP contribution is 2.46. The van der Waals surface area contributed by atoms with E-state index in [4.69, 9.17) is 18.6 Å². The summed E-state index contributed by atoms with van der Waals surface area (Å²) < 4.78 is 21.6. The summed E-state index contributed by atoms with van der Waals surface area (Å²) in [6.07, 6.45) is 0. The third-order valence-corrected chi connectivity index (χ3v) is 3.53. The maximum absolute atomic E-state index is 11.5. The first-order chi connectivity index (χ1) is 11.6. The third kappa shape index (κ3) is 2.86. The summed E-state index contributed by atoms with van der Waals surface area (Å²) in [5.41, 5.74) is 0.456. The van der Waals surface area contributed by atoms with E-state index in [9.17, 15) is 9.90 Å². The van der Waals surface area contributed by atoms with Crippen LogP contribution in [0, 0.1) is 0 Å². The molecule has 6 heteroatoms. The quantitative estimate of drug-likeness (QED) is 0.725. The first kappa shape index (κ1) is 15.7. The molecule has 0 fully saturated rings. The summed E-state index contributed by atoms with van der Waals surface area (Å²) in [6.45, 7) is 0.301. The lowest BCUT2D eigenvalue weighted by atomic mass is 10.1. The Labute approximate surface area is 137 Å². The number of rotatable bonds is 5. The standard InChI is InChI=1S/C18H16O6/c1-21-17-14(23-10-11-6-4-3-5-7-11)9-13-16(18(17)22-2)12(19)8-15(20)24-13/h3-9,19H,10H2,1-2H3. The summed E-state index contributed by atoms with van der Waals surface area (Å²) >= 11 is 0. The van der Waals surface area contributed by atoms with Crippen LogP contribution in [0.2, 0.25) is 0 Å². The van der Waals surface area contributed by atoms with E-state index in [1.165, 1.54) is 20.3 Å². The number of fused-ring (bicyclic) bond motifs is 1. The zero-order chi connectivity index (χ0) is 17.1. The minimum atomic E-state index is -0.666. The molecule has 0 saturated heterocycles. The van der Waals surface area contributed by atoms with E-state index in [-0.39, 0.29) is 22.5 Å². The summed E-state index contributed by atoms with van der Waals surface area (Å²) in [6, 6.07) is 12.1. The van der Waals surface area contributed by atoms with Crippen LogP contribution < -0.4 is 19.8 Å². The average Bonchev–Trinajstić information content (AvgIpc) is 2.59. The Morgan fingerprint density at radius 3 is 2.42 bits per heavy atom. The number of hydrogen-bond donors (Lipinski definition) is 1. The summed E-state index contributed by atoms with van der Waals surface area (Å²) in [5, 5.41) is 10.3. The Hall–Kier alpha value is -3.15. The zero-order valence-electron chi connectivity index (χ0n) is 13.2. The first-order valence-electron chi connectivity index (χ1n) is 7.22. The summed E-state index contributed by atoms with van der Waals surface area (Å²) in [5.74, 6) is 0.648. The molecule has 0 radical (unpaired) electrons. The van der Waals surface area contributed by atoms with Crippen molar-refractivity contribution in [2.45, 2.75) is 6.61 Å². The largest absolute Gasteiger partial charge is 0.507 e. The lowest BCUT2D eigenvalue weighted by molar-refractivity contribution is 0.276. The van der Waals surface area contributed by atoms with E-state index < -0.39 is 5.63 Å². The molecule has 0 aliphatic rings. The number of methoxy groups -OCH3 is 2. The predicted molar refractivity (Wildman–Crippen MR) is 88.0 cm³/mol. The van der Waals surface area contributed by atoms with Crippen LogP contribution in [0.3, 0.4) is 0 Å². The van der Waals surface area contributed by atoms with Gasteiger partial charge in [0.15, 0.2) is 11.5 Å². The van der Waals surface area contributed by atoms with Crippen LogP contribution in [0.4, 0.5) is 0 Å². The van der Waals surface area contributed by atoms with E-state index in [1.54, 1.807) is 0 Å². The van der Waals surface area contributed by atoms with Gasteiger partial charge in [-0.25, -0.2) is 4.79 Å². The lowest BCUT2D eigenvalue weighted by Gasteiger charge is -2.16. The Kier molecular flexibility index (Phi) is 4.29. The van der Waals surface area contributed by atoms with Crippen molar-refractivity contribution in [2.24, 2.45) is 0 Å². The van der Waals surface area contributed by atoms with Crippen LogP contribution in [0.5, 0.6) is 23.0 Å². The highest BCUT2D eigenvalue weighted by molar-refractivity contribution is 5.93. The Balaban J connectivity index is 2.11. The van der Waals surface area contributed by atoms with Gasteiger partial charge in [-0.15, -0.1) is 0 Å². The molecule has 1 heterocycles. The monoisotopic (exact) mass is 328 g/mol. The SMILES string of the molecule is COc1c(OCc2ccccc2)cc2oc(=O)cc(O)c2c1OC. The molecule has 0 aliphatic carbocycles. The van der Waals surface area contributed by atoms with E-state index in [0.29, 0.717) is 18.1 Å². The van der Waals surface area contributed by atoms with Gasteiger partial charge in [-0.05, 0) is 5.56 Å². The second kappa shape index (κ2) is 6.54. The van der Waals surface area contributed by atoms with Crippen LogP contribution in [0.15, 0.2) is 51.7 Å². The van der Waals surface area contributed by atoms with Crippen LogP contribution in [-0.2, 0) is 6.61 Å². The fourth-order valence-corrected chi connectivity index (χ4v) is 2.47. The molecule has 1 aromatic heterocycles. The second-order valence-corrected chi connectivity index (χ2v) is 5.04. The molecule has 1 N–H and O–H groups in total. The molecule has 0 spiro atoms. The first-order valence-corrected chi connectivity index (χ1v) is 7.22. The molecule has 0 atom stereocenters. The van der Waals surface area contributed by atoms with Crippen molar-refractivity contribution in [3.63, 3.8) is 0 Å². The van der Waals surface area contributed by atoms with E-state index >= 15 is 0 Å². The van der Waals surface area contributed by atoms with Gasteiger partial charge in [-0.2, -0.15) is 0 Å². The Bertz CT molecular complexity index is 914. The van der Waals surface area contributed by atoms with Gasteiger partial charge in [-0.3, -0.25) is 0 Å². The van der Waals surface area contributed by atoms with E-state index in [1.807, 2.05) is 30.3 Å². The maximum Gasteiger partial charge on any atom is 0.339 e. The van der Waals surface area contributed by atoms with Gasteiger partial charge in [0.1, 0.15) is 23.3 Å². The van der Waals surface area contributed by atoms with Crippen molar-refractivity contribution < 1.29 is 23.7 Å². The van der Waals surface area contributed by atoms with Crippen molar-refractivity contribution in [1.82, 2.24) is 0 Å². The van der Waals surface area contributed by atoms with E-state index in [0.717, 1.165) is 11.6 Å². The van der Waals surface area contributed by atoms with E-state index in [2.05, 4.69) is 0 Å². The molecule has 3 aromatic rings. The van der Waals surface area contributed by atoms with Gasteiger partial charge in [-0.1, -0.05) is 30.3 Å². The van der Waals surface area contributed by atoms with Crippen molar-refractivity contribution >= 4 is 11.0 Å². The van der Waals surface area contributed by atoms with Crippen LogP contribution >= 0.6 is 0 Å². The fraction of sp³-hybridized carbons (Fsp3) is 0.167. The van der Waals surface area contributed by atoms with Crippen LogP contribution in [-0.4, -0.2) is 19.3 Å². The molecule has 6 nitrogen and oxygen atoms in total. The van der Waals surface area contributed by atoms with Gasteiger partial charge >= 0.3 is 5.63 Å². The molecule has 0 saturated carbocycles. The molecular weight excluding hydrogens is 312 g/mol. The van der Waals surface area contributed by atoms with Crippen molar-refractivity contribution in [1.29, 1.82) is 0 Å². The van der Waals surface area contributed by atoms with Crippen LogP contribution in [0.1, 0.15) is 5.56 Å². The highest BCUT2D eigenvalue weighted by Gasteiger charge is 2.21. The molecule has 2 aromatic carbocycles. The molecule has 24 heavy (non-hydrogen) atoms. The Morgan fingerprint density at radius 1 is 1.04 bits per heavy atom. The third-order valence-electron chi connectivity index (χ3n) is 3.53. The molecule has 124 valence electrons. The normalized spacial score (nSPS) is 10.6. The fourth-order valence-electron chi connectivity index (χ4n) is 2.47. The number of hydrogen-bond acceptors (Lipinski definition) is 6. The van der Waals surface area contributed by atoms with Crippen molar-refractivity contribution in [2.75, 3.05) is 14.2 Å². The van der Waals surface area contributed by atoms with Crippen molar-refractivity contribution in [3.05, 3.63) is 58.4 Å². The number of ether oxygens (including phenoxy) is 3. The minimum Gasteiger partial charge on any atom is -0.507 e. The summed E-state index contributed by atoms with van der Waals surface area (Å²) in [4.78, 5) is 11.5. The molecule has 0 unspecified atom stereocenters. The predicted octanol–water partition coefficient (Wildman–Crippen LogP) is 3.09. The van der Waals surface area contributed by atoms with Crippen LogP contribution in [0.25, 0.3) is 11.0 Å². The smallest absolute Gasteiger partial charge is 0.339 e. The number of benzene rings is 2. The molecule has 0 amide bonds. The van der Waals surface area contributed by atoms with Crippen molar-refractivity contribution in [3.8, 4) is 23.0 Å². The van der Waals surface area contributed by atoms with Gasteiger partial charge < -0.3 is 23.7 Å². The average molecular weight is 328 g/mol. The molecule has 0 bridgehead atoms. The summed E-state index contributed by atoms with van der Waals surface area (Å²) in [7, 11) is 2.90. The number of aromatic hydroxyl groups is 1.